The van der Waals surface area contributed by atoms with Crippen molar-refractivity contribution in [3.63, 3.8) is 0 Å². The summed E-state index contributed by atoms with van der Waals surface area (Å²) in [6, 6.07) is 0. The van der Waals surface area contributed by atoms with Gasteiger partial charge in [0, 0.05) is 44.0 Å². The average molecular weight is 404 g/mol. The monoisotopic (exact) mass is 404 g/mol. The van der Waals surface area contributed by atoms with Crippen LogP contribution in [0.3, 0.4) is 0 Å². The molecule has 29 heavy (non-hydrogen) atoms. The molecule has 3 heterocycles. The first kappa shape index (κ1) is 22.0. The molecule has 0 N–H and O–H groups in total. The van der Waals surface area contributed by atoms with E-state index >= 15 is 0 Å². The Bertz CT molecular complexity index is 709. The van der Waals surface area contributed by atoms with Gasteiger partial charge in [0.15, 0.2) is 0 Å². The second kappa shape index (κ2) is 7.85. The normalized spacial score (nSPS) is 22.0. The third-order valence-corrected chi connectivity index (χ3v) is 5.64. The lowest BCUT2D eigenvalue weighted by atomic mass is 9.81. The summed E-state index contributed by atoms with van der Waals surface area (Å²) in [6.07, 6.45) is 3.31. The second-order valence-electron chi connectivity index (χ2n) is 9.76. The fourth-order valence-electron chi connectivity index (χ4n) is 3.16. The van der Waals surface area contributed by atoms with Crippen LogP contribution < -0.4 is 5.46 Å². The van der Waals surface area contributed by atoms with Gasteiger partial charge < -0.3 is 18.9 Å². The molecule has 1 aromatic heterocycles. The number of piperazine rings is 1. The molecule has 0 atom stereocenters. The number of rotatable bonds is 3. The van der Waals surface area contributed by atoms with Crippen molar-refractivity contribution in [3.05, 3.63) is 18.2 Å². The van der Waals surface area contributed by atoms with Gasteiger partial charge in [0.1, 0.15) is 11.4 Å². The quantitative estimate of drug-likeness (QED) is 0.712. The minimum absolute atomic E-state index is 0.250. The number of carbonyl (C=O) groups excluding carboxylic acids is 1. The van der Waals surface area contributed by atoms with Crippen LogP contribution in [0.1, 0.15) is 54.3 Å². The van der Waals surface area contributed by atoms with E-state index in [0.29, 0.717) is 19.6 Å². The fourth-order valence-corrected chi connectivity index (χ4v) is 3.16. The molecule has 0 unspecified atom stereocenters. The van der Waals surface area contributed by atoms with Crippen LogP contribution in [0.15, 0.2) is 12.4 Å². The predicted octanol–water partition coefficient (Wildman–Crippen LogP) is 1.83. The van der Waals surface area contributed by atoms with E-state index in [2.05, 4.69) is 14.9 Å². The fraction of sp³-hybridized carbons (Fsp3) is 0.750. The first-order valence-electron chi connectivity index (χ1n) is 10.2. The van der Waals surface area contributed by atoms with E-state index in [0.717, 1.165) is 24.4 Å². The van der Waals surface area contributed by atoms with Crippen LogP contribution in [0.2, 0.25) is 0 Å². The van der Waals surface area contributed by atoms with Crippen LogP contribution in [-0.2, 0) is 20.6 Å². The molecule has 2 saturated heterocycles. The zero-order valence-corrected chi connectivity index (χ0v) is 18.7. The molecule has 0 aromatic carbocycles. The van der Waals surface area contributed by atoms with Crippen LogP contribution >= 0.6 is 0 Å². The van der Waals surface area contributed by atoms with E-state index in [1.165, 1.54) is 0 Å². The highest BCUT2D eigenvalue weighted by molar-refractivity contribution is 6.61. The maximum absolute atomic E-state index is 12.2. The van der Waals surface area contributed by atoms with Crippen molar-refractivity contribution in [1.29, 1.82) is 0 Å². The molecular formula is C20H33BN4O4. The Morgan fingerprint density at radius 2 is 1.59 bits per heavy atom. The van der Waals surface area contributed by atoms with Crippen LogP contribution in [0.4, 0.5) is 4.79 Å². The number of ether oxygens (including phenoxy) is 1. The lowest BCUT2D eigenvalue weighted by molar-refractivity contribution is 0.00578. The number of carbonyl (C=O) groups is 1. The van der Waals surface area contributed by atoms with Gasteiger partial charge in [-0.05, 0) is 48.5 Å². The van der Waals surface area contributed by atoms with Crippen molar-refractivity contribution in [2.75, 3.05) is 26.2 Å². The highest BCUT2D eigenvalue weighted by Crippen LogP contribution is 2.36. The summed E-state index contributed by atoms with van der Waals surface area (Å²) in [5.74, 6) is 0.746. The van der Waals surface area contributed by atoms with Crippen molar-refractivity contribution in [2.45, 2.75) is 71.8 Å². The Morgan fingerprint density at radius 1 is 1.07 bits per heavy atom. The minimum atomic E-state index is -0.471. The number of hydrogen-bond acceptors (Lipinski definition) is 7. The maximum atomic E-state index is 12.2. The molecule has 2 fully saturated rings. The van der Waals surface area contributed by atoms with Crippen LogP contribution in [0, 0.1) is 0 Å². The van der Waals surface area contributed by atoms with E-state index in [9.17, 15) is 4.79 Å². The molecule has 9 heteroatoms. The van der Waals surface area contributed by atoms with E-state index in [1.807, 2.05) is 48.5 Å². The highest BCUT2D eigenvalue weighted by Gasteiger charge is 2.51. The van der Waals surface area contributed by atoms with Crippen LogP contribution in [-0.4, -0.2) is 76.0 Å². The summed E-state index contributed by atoms with van der Waals surface area (Å²) in [6.45, 7) is 17.2. The van der Waals surface area contributed by atoms with Gasteiger partial charge in [-0.2, -0.15) is 0 Å². The molecule has 1 aromatic rings. The molecule has 2 aliphatic rings. The summed E-state index contributed by atoms with van der Waals surface area (Å²) in [4.78, 5) is 25.2. The molecule has 0 saturated carbocycles. The number of hydrogen-bond donors (Lipinski definition) is 0. The molecule has 0 radical (unpaired) electrons. The van der Waals surface area contributed by atoms with Gasteiger partial charge >= 0.3 is 13.2 Å². The Kier molecular flexibility index (Phi) is 5.95. The predicted molar refractivity (Wildman–Crippen MR) is 111 cm³/mol. The minimum Gasteiger partial charge on any atom is -0.444 e. The topological polar surface area (TPSA) is 77.0 Å². The Labute approximate surface area is 174 Å². The molecule has 8 nitrogen and oxygen atoms in total. The van der Waals surface area contributed by atoms with Gasteiger partial charge in [0.25, 0.3) is 0 Å². The first-order chi connectivity index (χ1) is 13.4. The number of aromatic nitrogens is 2. The molecule has 2 aliphatic heterocycles. The maximum Gasteiger partial charge on any atom is 0.498 e. The molecule has 0 spiro atoms. The van der Waals surface area contributed by atoms with Gasteiger partial charge in [-0.15, -0.1) is 0 Å². The Hall–Kier alpha value is -1.71. The van der Waals surface area contributed by atoms with Crippen molar-refractivity contribution in [3.8, 4) is 0 Å². The molecule has 0 bridgehead atoms. The Balaban J connectivity index is 1.51. The number of nitrogens with zero attached hydrogens (tertiary/aromatic N) is 4. The van der Waals surface area contributed by atoms with Crippen LogP contribution in [0.5, 0.6) is 0 Å². The third kappa shape index (κ3) is 5.26. The molecular weight excluding hydrogens is 371 g/mol. The molecule has 1 amide bonds. The van der Waals surface area contributed by atoms with Gasteiger partial charge in [-0.25, -0.2) is 14.8 Å². The average Bonchev–Trinajstić information content (AvgIpc) is 2.82. The highest BCUT2D eigenvalue weighted by atomic mass is 16.7. The van der Waals surface area contributed by atoms with Crippen molar-refractivity contribution in [1.82, 2.24) is 19.8 Å². The van der Waals surface area contributed by atoms with Gasteiger partial charge in [-0.1, -0.05) is 0 Å². The standard InChI is InChI=1S/C20H33BN4O4/c1-18(2,3)27-17(26)25-10-8-24(9-11-25)14-16-22-12-15(13-23-16)21-28-19(4,5)20(6,7)29-21/h12-13H,8-11,14H2,1-7H3. The second-order valence-corrected chi connectivity index (χ2v) is 9.76. The van der Waals surface area contributed by atoms with E-state index < -0.39 is 12.7 Å². The van der Waals surface area contributed by atoms with Crippen molar-refractivity contribution >= 4 is 18.7 Å². The largest absolute Gasteiger partial charge is 0.498 e. The lowest BCUT2D eigenvalue weighted by Gasteiger charge is -2.35. The van der Waals surface area contributed by atoms with E-state index in [1.54, 1.807) is 17.3 Å². The van der Waals surface area contributed by atoms with Crippen molar-refractivity contribution in [2.24, 2.45) is 0 Å². The Morgan fingerprint density at radius 3 is 2.07 bits per heavy atom. The van der Waals surface area contributed by atoms with Gasteiger partial charge in [0.2, 0.25) is 0 Å². The van der Waals surface area contributed by atoms with Gasteiger partial charge in [-0.3, -0.25) is 4.90 Å². The van der Waals surface area contributed by atoms with Crippen LogP contribution in [0.25, 0.3) is 0 Å². The third-order valence-electron chi connectivity index (χ3n) is 5.64. The molecule has 160 valence electrons. The number of amides is 1. The zero-order chi connectivity index (χ0) is 21.4. The lowest BCUT2D eigenvalue weighted by Crippen LogP contribution is -2.49. The van der Waals surface area contributed by atoms with E-state index in [4.69, 9.17) is 14.0 Å². The van der Waals surface area contributed by atoms with E-state index in [-0.39, 0.29) is 17.3 Å². The zero-order valence-electron chi connectivity index (χ0n) is 18.7. The molecule has 3 rings (SSSR count). The summed E-state index contributed by atoms with van der Waals surface area (Å²) in [5.41, 5.74) is -0.419. The van der Waals surface area contributed by atoms with Crippen molar-refractivity contribution < 1.29 is 18.8 Å². The SMILES string of the molecule is CC(C)(C)OC(=O)N1CCN(Cc2ncc(B3OC(C)(C)C(C)(C)O3)cn2)CC1. The molecule has 0 aliphatic carbocycles. The summed E-state index contributed by atoms with van der Waals surface area (Å²) in [5, 5.41) is 0. The summed E-state index contributed by atoms with van der Waals surface area (Å²) >= 11 is 0. The summed E-state index contributed by atoms with van der Waals surface area (Å²) in [7, 11) is -0.452. The summed E-state index contributed by atoms with van der Waals surface area (Å²) < 4.78 is 17.5. The smallest absolute Gasteiger partial charge is 0.444 e. The first-order valence-corrected chi connectivity index (χ1v) is 10.2. The van der Waals surface area contributed by atoms with Gasteiger partial charge in [0.05, 0.1) is 17.7 Å².